The minimum atomic E-state index is -0.418. The standard InChI is InChI=1S/C15H17N3O/c1-10(11-2-6-13(16)7-3-11)18-14-8-4-12(5-9-14)15(17)19/h2-10,18H,16H2,1H3,(H2,17,19). The number of hydrogen-bond acceptors (Lipinski definition) is 3. The van der Waals surface area contributed by atoms with E-state index in [1.807, 2.05) is 36.4 Å². The number of primary amides is 1. The van der Waals surface area contributed by atoms with Crippen molar-refractivity contribution in [2.45, 2.75) is 13.0 Å². The van der Waals surface area contributed by atoms with Crippen LogP contribution < -0.4 is 16.8 Å². The zero-order valence-corrected chi connectivity index (χ0v) is 10.8. The number of carbonyl (C=O) groups is 1. The van der Waals surface area contributed by atoms with Gasteiger partial charge in [0.15, 0.2) is 0 Å². The molecule has 4 heteroatoms. The van der Waals surface area contributed by atoms with Crippen LogP contribution >= 0.6 is 0 Å². The first-order valence-corrected chi connectivity index (χ1v) is 6.08. The fourth-order valence-corrected chi connectivity index (χ4v) is 1.85. The van der Waals surface area contributed by atoms with E-state index >= 15 is 0 Å². The van der Waals surface area contributed by atoms with Gasteiger partial charge in [0.25, 0.3) is 0 Å². The highest BCUT2D eigenvalue weighted by Gasteiger charge is 2.05. The average molecular weight is 255 g/mol. The molecule has 1 amide bonds. The smallest absolute Gasteiger partial charge is 0.248 e. The van der Waals surface area contributed by atoms with Crippen molar-refractivity contribution in [2.24, 2.45) is 5.73 Å². The molecule has 0 heterocycles. The lowest BCUT2D eigenvalue weighted by atomic mass is 10.1. The number of benzene rings is 2. The Kier molecular flexibility index (Phi) is 3.71. The molecule has 0 saturated heterocycles. The van der Waals surface area contributed by atoms with E-state index in [0.29, 0.717) is 5.56 Å². The number of carbonyl (C=O) groups excluding carboxylic acids is 1. The molecule has 4 nitrogen and oxygen atoms in total. The van der Waals surface area contributed by atoms with E-state index in [0.717, 1.165) is 16.9 Å². The number of hydrogen-bond donors (Lipinski definition) is 3. The Morgan fingerprint density at radius 1 is 1.05 bits per heavy atom. The van der Waals surface area contributed by atoms with Crippen molar-refractivity contribution in [1.82, 2.24) is 0 Å². The molecule has 0 aliphatic rings. The van der Waals surface area contributed by atoms with Gasteiger partial charge in [0.2, 0.25) is 5.91 Å². The minimum Gasteiger partial charge on any atom is -0.399 e. The molecular formula is C15H17N3O. The van der Waals surface area contributed by atoms with Crippen molar-refractivity contribution in [2.75, 3.05) is 11.1 Å². The summed E-state index contributed by atoms with van der Waals surface area (Å²) in [4.78, 5) is 11.0. The summed E-state index contributed by atoms with van der Waals surface area (Å²) in [7, 11) is 0. The molecule has 0 saturated carbocycles. The van der Waals surface area contributed by atoms with Gasteiger partial charge in [0.1, 0.15) is 0 Å². The largest absolute Gasteiger partial charge is 0.399 e. The number of amides is 1. The SMILES string of the molecule is CC(Nc1ccc(C(N)=O)cc1)c1ccc(N)cc1. The fourth-order valence-electron chi connectivity index (χ4n) is 1.85. The van der Waals surface area contributed by atoms with Crippen LogP contribution in [0.1, 0.15) is 28.9 Å². The molecule has 0 aliphatic carbocycles. The summed E-state index contributed by atoms with van der Waals surface area (Å²) in [5.74, 6) is -0.418. The summed E-state index contributed by atoms with van der Waals surface area (Å²) < 4.78 is 0. The maximum atomic E-state index is 11.0. The summed E-state index contributed by atoms with van der Waals surface area (Å²) >= 11 is 0. The molecule has 2 aromatic carbocycles. The molecule has 0 aromatic heterocycles. The van der Waals surface area contributed by atoms with E-state index in [9.17, 15) is 4.79 Å². The highest BCUT2D eigenvalue weighted by atomic mass is 16.1. The molecule has 0 radical (unpaired) electrons. The molecule has 1 atom stereocenters. The third-order valence-electron chi connectivity index (χ3n) is 2.99. The highest BCUT2D eigenvalue weighted by Crippen LogP contribution is 2.20. The summed E-state index contributed by atoms with van der Waals surface area (Å²) in [5.41, 5.74) is 14.2. The summed E-state index contributed by atoms with van der Waals surface area (Å²) in [6, 6.07) is 15.0. The summed E-state index contributed by atoms with van der Waals surface area (Å²) in [6.07, 6.45) is 0. The van der Waals surface area contributed by atoms with Gasteiger partial charge in [-0.1, -0.05) is 12.1 Å². The lowest BCUT2D eigenvalue weighted by molar-refractivity contribution is 0.100. The van der Waals surface area contributed by atoms with Crippen LogP contribution in [0.15, 0.2) is 48.5 Å². The van der Waals surface area contributed by atoms with Crippen molar-refractivity contribution in [3.8, 4) is 0 Å². The van der Waals surface area contributed by atoms with Gasteiger partial charge in [-0.25, -0.2) is 0 Å². The average Bonchev–Trinajstić information content (AvgIpc) is 2.40. The predicted molar refractivity (Wildman–Crippen MR) is 77.9 cm³/mol. The lowest BCUT2D eigenvalue weighted by Crippen LogP contribution is -2.11. The first-order chi connectivity index (χ1) is 9.06. The van der Waals surface area contributed by atoms with Gasteiger partial charge < -0.3 is 16.8 Å². The molecule has 1 unspecified atom stereocenters. The quantitative estimate of drug-likeness (QED) is 0.734. The van der Waals surface area contributed by atoms with Crippen LogP contribution in [-0.4, -0.2) is 5.91 Å². The van der Waals surface area contributed by atoms with Crippen LogP contribution in [0, 0.1) is 0 Å². The molecular weight excluding hydrogens is 238 g/mol. The van der Waals surface area contributed by atoms with E-state index < -0.39 is 5.91 Å². The second-order valence-corrected chi connectivity index (χ2v) is 4.47. The van der Waals surface area contributed by atoms with Crippen LogP contribution in [0.3, 0.4) is 0 Å². The van der Waals surface area contributed by atoms with E-state index in [1.165, 1.54) is 0 Å². The molecule has 2 rings (SSSR count). The van der Waals surface area contributed by atoms with Crippen molar-refractivity contribution < 1.29 is 4.79 Å². The first kappa shape index (κ1) is 13.0. The van der Waals surface area contributed by atoms with Gasteiger partial charge in [-0.15, -0.1) is 0 Å². The van der Waals surface area contributed by atoms with Crippen molar-refractivity contribution in [1.29, 1.82) is 0 Å². The van der Waals surface area contributed by atoms with E-state index in [4.69, 9.17) is 11.5 Å². The van der Waals surface area contributed by atoms with E-state index in [-0.39, 0.29) is 6.04 Å². The molecule has 0 fully saturated rings. The Hall–Kier alpha value is -2.49. The third kappa shape index (κ3) is 3.25. The number of anilines is 2. The zero-order chi connectivity index (χ0) is 13.8. The molecule has 0 spiro atoms. The summed E-state index contributed by atoms with van der Waals surface area (Å²) in [6.45, 7) is 2.06. The van der Waals surface area contributed by atoms with Crippen LogP contribution in [0.5, 0.6) is 0 Å². The third-order valence-corrected chi connectivity index (χ3v) is 2.99. The highest BCUT2D eigenvalue weighted by molar-refractivity contribution is 5.93. The minimum absolute atomic E-state index is 0.153. The fraction of sp³-hybridized carbons (Fsp3) is 0.133. The lowest BCUT2D eigenvalue weighted by Gasteiger charge is -2.16. The van der Waals surface area contributed by atoms with E-state index in [2.05, 4.69) is 12.2 Å². The molecule has 2 aromatic rings. The van der Waals surface area contributed by atoms with Gasteiger partial charge in [-0.05, 0) is 48.9 Å². The Morgan fingerprint density at radius 3 is 2.16 bits per heavy atom. The second-order valence-electron chi connectivity index (χ2n) is 4.47. The van der Waals surface area contributed by atoms with Gasteiger partial charge in [0.05, 0.1) is 0 Å². The van der Waals surface area contributed by atoms with Gasteiger partial charge in [-0.2, -0.15) is 0 Å². The topological polar surface area (TPSA) is 81.1 Å². The Balaban J connectivity index is 2.08. The molecule has 0 aliphatic heterocycles. The monoisotopic (exact) mass is 255 g/mol. The Labute approximate surface area is 112 Å². The molecule has 19 heavy (non-hydrogen) atoms. The Bertz CT molecular complexity index is 561. The van der Waals surface area contributed by atoms with Gasteiger partial charge >= 0.3 is 0 Å². The number of nitrogens with one attached hydrogen (secondary N) is 1. The van der Waals surface area contributed by atoms with Crippen LogP contribution in [0.25, 0.3) is 0 Å². The maximum absolute atomic E-state index is 11.0. The van der Waals surface area contributed by atoms with Crippen molar-refractivity contribution >= 4 is 17.3 Å². The van der Waals surface area contributed by atoms with Crippen molar-refractivity contribution in [3.05, 3.63) is 59.7 Å². The molecule has 5 N–H and O–H groups in total. The van der Waals surface area contributed by atoms with Crippen LogP contribution in [0.4, 0.5) is 11.4 Å². The van der Waals surface area contributed by atoms with Crippen LogP contribution in [-0.2, 0) is 0 Å². The molecule has 0 bridgehead atoms. The molecule has 98 valence electrons. The van der Waals surface area contributed by atoms with Crippen molar-refractivity contribution in [3.63, 3.8) is 0 Å². The van der Waals surface area contributed by atoms with Gasteiger partial charge in [0, 0.05) is 23.0 Å². The van der Waals surface area contributed by atoms with Crippen LogP contribution in [0.2, 0.25) is 0 Å². The number of rotatable bonds is 4. The number of nitrogen functional groups attached to an aromatic ring is 1. The Morgan fingerprint density at radius 2 is 1.63 bits per heavy atom. The summed E-state index contributed by atoms with van der Waals surface area (Å²) in [5, 5.41) is 3.35. The number of nitrogens with two attached hydrogens (primary N) is 2. The first-order valence-electron chi connectivity index (χ1n) is 6.08. The maximum Gasteiger partial charge on any atom is 0.248 e. The normalized spacial score (nSPS) is 11.8. The predicted octanol–water partition coefficient (Wildman–Crippen LogP) is 2.54. The second kappa shape index (κ2) is 5.44. The van der Waals surface area contributed by atoms with Gasteiger partial charge in [-0.3, -0.25) is 4.79 Å². The zero-order valence-electron chi connectivity index (χ0n) is 10.8. The van der Waals surface area contributed by atoms with E-state index in [1.54, 1.807) is 12.1 Å².